The van der Waals surface area contributed by atoms with Crippen LogP contribution in [0.1, 0.15) is 50.5 Å². The summed E-state index contributed by atoms with van der Waals surface area (Å²) in [4.78, 5) is 10.8. The van der Waals surface area contributed by atoms with Gasteiger partial charge in [-0.15, -0.1) is 5.10 Å². The van der Waals surface area contributed by atoms with Crippen molar-refractivity contribution in [1.82, 2.24) is 15.0 Å². The van der Waals surface area contributed by atoms with Gasteiger partial charge in [-0.25, -0.2) is 4.68 Å². The lowest BCUT2D eigenvalue weighted by Crippen LogP contribution is -2.19. The van der Waals surface area contributed by atoms with E-state index >= 15 is 0 Å². The van der Waals surface area contributed by atoms with E-state index in [1.54, 1.807) is 7.11 Å². The summed E-state index contributed by atoms with van der Waals surface area (Å²) in [7, 11) is 1.65. The Morgan fingerprint density at radius 2 is 2.17 bits per heavy atom. The molecule has 6 heteroatoms. The third-order valence-corrected chi connectivity index (χ3v) is 2.85. The molecule has 1 heterocycles. The standard InChI is InChI=1S/C12H21N3O3/c1-5-9(7-18-4)15-12(8(2)3)10(13-14-15)6-11(16)17/h8-9H,5-7H2,1-4H3,(H,16,17). The van der Waals surface area contributed by atoms with Crippen LogP contribution in [0.25, 0.3) is 0 Å². The number of aromatic nitrogens is 3. The van der Waals surface area contributed by atoms with E-state index in [1.807, 2.05) is 25.5 Å². The molecule has 0 aromatic carbocycles. The summed E-state index contributed by atoms with van der Waals surface area (Å²) >= 11 is 0. The van der Waals surface area contributed by atoms with Gasteiger partial charge in [0, 0.05) is 7.11 Å². The molecule has 0 bridgehead atoms. The average Bonchev–Trinajstić information content (AvgIpc) is 2.68. The quantitative estimate of drug-likeness (QED) is 0.801. The Balaban J connectivity index is 3.11. The maximum Gasteiger partial charge on any atom is 0.309 e. The molecule has 0 saturated heterocycles. The van der Waals surface area contributed by atoms with Crippen LogP contribution in [0.5, 0.6) is 0 Å². The highest BCUT2D eigenvalue weighted by atomic mass is 16.5. The van der Waals surface area contributed by atoms with Crippen molar-refractivity contribution in [2.45, 2.75) is 45.6 Å². The second kappa shape index (κ2) is 6.49. The number of carboxylic acid groups (broad SMARTS) is 1. The van der Waals surface area contributed by atoms with Gasteiger partial charge in [-0.2, -0.15) is 0 Å². The van der Waals surface area contributed by atoms with Gasteiger partial charge in [-0.1, -0.05) is 26.0 Å². The Kier molecular flexibility index (Phi) is 5.27. The van der Waals surface area contributed by atoms with E-state index in [1.165, 1.54) is 0 Å². The predicted octanol–water partition coefficient (Wildman–Crippen LogP) is 1.63. The molecular formula is C12H21N3O3. The smallest absolute Gasteiger partial charge is 0.309 e. The van der Waals surface area contributed by atoms with Crippen LogP contribution in [-0.2, 0) is 16.0 Å². The summed E-state index contributed by atoms with van der Waals surface area (Å²) in [5, 5.41) is 17.0. The van der Waals surface area contributed by atoms with E-state index in [0.717, 1.165) is 12.1 Å². The lowest BCUT2D eigenvalue weighted by molar-refractivity contribution is -0.136. The number of methoxy groups -OCH3 is 1. The molecule has 1 unspecified atom stereocenters. The van der Waals surface area contributed by atoms with Crippen LogP contribution >= 0.6 is 0 Å². The predicted molar refractivity (Wildman–Crippen MR) is 66.7 cm³/mol. The second-order valence-electron chi connectivity index (χ2n) is 4.61. The number of hydrogen-bond acceptors (Lipinski definition) is 4. The van der Waals surface area contributed by atoms with Gasteiger partial charge in [0.25, 0.3) is 0 Å². The second-order valence-corrected chi connectivity index (χ2v) is 4.61. The van der Waals surface area contributed by atoms with E-state index in [9.17, 15) is 4.79 Å². The van der Waals surface area contributed by atoms with Crippen molar-refractivity contribution in [2.75, 3.05) is 13.7 Å². The summed E-state index contributed by atoms with van der Waals surface area (Å²) in [5.74, 6) is -0.705. The highest BCUT2D eigenvalue weighted by molar-refractivity contribution is 5.69. The lowest BCUT2D eigenvalue weighted by atomic mass is 10.1. The van der Waals surface area contributed by atoms with Crippen LogP contribution in [0.3, 0.4) is 0 Å². The van der Waals surface area contributed by atoms with E-state index in [4.69, 9.17) is 9.84 Å². The molecule has 0 aliphatic heterocycles. The molecule has 0 saturated carbocycles. The fourth-order valence-electron chi connectivity index (χ4n) is 2.02. The van der Waals surface area contributed by atoms with Gasteiger partial charge < -0.3 is 9.84 Å². The Morgan fingerprint density at radius 1 is 1.50 bits per heavy atom. The first-order valence-electron chi connectivity index (χ1n) is 6.15. The van der Waals surface area contributed by atoms with Crippen molar-refractivity contribution in [3.63, 3.8) is 0 Å². The minimum Gasteiger partial charge on any atom is -0.481 e. The van der Waals surface area contributed by atoms with Crippen LogP contribution in [0.2, 0.25) is 0 Å². The SMILES string of the molecule is CCC(COC)n1nnc(CC(=O)O)c1C(C)C. The van der Waals surface area contributed by atoms with Crippen LogP contribution in [0.4, 0.5) is 0 Å². The van der Waals surface area contributed by atoms with Gasteiger partial charge in [-0.3, -0.25) is 4.79 Å². The molecule has 1 atom stereocenters. The zero-order chi connectivity index (χ0) is 13.7. The Bertz CT molecular complexity index is 401. The van der Waals surface area contributed by atoms with Crippen molar-refractivity contribution >= 4 is 5.97 Å². The number of carboxylic acids is 1. The number of hydrogen-bond donors (Lipinski definition) is 1. The molecule has 1 aromatic rings. The minimum atomic E-state index is -0.885. The van der Waals surface area contributed by atoms with Gasteiger partial charge in [0.2, 0.25) is 0 Å². The third-order valence-electron chi connectivity index (χ3n) is 2.85. The van der Waals surface area contributed by atoms with Crippen LogP contribution in [0.15, 0.2) is 0 Å². The minimum absolute atomic E-state index is 0.0864. The summed E-state index contributed by atoms with van der Waals surface area (Å²) in [5.41, 5.74) is 1.44. The van der Waals surface area contributed by atoms with Crippen molar-refractivity contribution in [3.8, 4) is 0 Å². The average molecular weight is 255 g/mol. The first-order valence-corrected chi connectivity index (χ1v) is 6.15. The van der Waals surface area contributed by atoms with Crippen molar-refractivity contribution in [2.24, 2.45) is 0 Å². The van der Waals surface area contributed by atoms with Crippen molar-refractivity contribution < 1.29 is 14.6 Å². The van der Waals surface area contributed by atoms with Gasteiger partial charge in [0.05, 0.1) is 30.5 Å². The molecule has 0 amide bonds. The van der Waals surface area contributed by atoms with Gasteiger partial charge in [0.15, 0.2) is 0 Å². The number of nitrogens with zero attached hydrogens (tertiary/aromatic N) is 3. The van der Waals surface area contributed by atoms with Crippen molar-refractivity contribution in [1.29, 1.82) is 0 Å². The van der Waals surface area contributed by atoms with E-state index in [-0.39, 0.29) is 18.4 Å². The molecular weight excluding hydrogens is 234 g/mol. The zero-order valence-corrected chi connectivity index (χ0v) is 11.4. The molecule has 102 valence electrons. The molecule has 0 radical (unpaired) electrons. The molecule has 6 nitrogen and oxygen atoms in total. The first kappa shape index (κ1) is 14.6. The Morgan fingerprint density at radius 3 is 2.61 bits per heavy atom. The zero-order valence-electron chi connectivity index (χ0n) is 11.4. The first-order chi connectivity index (χ1) is 8.51. The highest BCUT2D eigenvalue weighted by Crippen LogP contribution is 2.23. The molecule has 0 aliphatic carbocycles. The molecule has 0 aliphatic rings. The van der Waals surface area contributed by atoms with Gasteiger partial charge in [0.1, 0.15) is 0 Å². The third kappa shape index (κ3) is 3.29. The molecule has 1 N–H and O–H groups in total. The number of rotatable bonds is 7. The summed E-state index contributed by atoms with van der Waals surface area (Å²) in [6, 6.07) is 0.0995. The Hall–Kier alpha value is -1.43. The normalized spacial score (nSPS) is 12.9. The molecule has 1 rings (SSSR count). The van der Waals surface area contributed by atoms with Gasteiger partial charge in [-0.05, 0) is 12.3 Å². The molecule has 0 fully saturated rings. The maximum absolute atomic E-state index is 10.8. The Labute approximate surface area is 107 Å². The highest BCUT2D eigenvalue weighted by Gasteiger charge is 2.22. The van der Waals surface area contributed by atoms with E-state index in [2.05, 4.69) is 10.3 Å². The van der Waals surface area contributed by atoms with Crippen LogP contribution in [-0.4, -0.2) is 39.8 Å². The van der Waals surface area contributed by atoms with Crippen LogP contribution < -0.4 is 0 Å². The summed E-state index contributed by atoms with van der Waals surface area (Å²) < 4.78 is 6.98. The number of ether oxygens (including phenoxy) is 1. The topological polar surface area (TPSA) is 77.2 Å². The molecule has 18 heavy (non-hydrogen) atoms. The van der Waals surface area contributed by atoms with Crippen molar-refractivity contribution in [3.05, 3.63) is 11.4 Å². The molecule has 1 aromatic heterocycles. The summed E-state index contributed by atoms with van der Waals surface area (Å²) in [6.07, 6.45) is 0.778. The lowest BCUT2D eigenvalue weighted by Gasteiger charge is -2.18. The monoisotopic (exact) mass is 255 g/mol. The molecule has 0 spiro atoms. The van der Waals surface area contributed by atoms with E-state index < -0.39 is 5.97 Å². The number of carbonyl (C=O) groups is 1. The summed E-state index contributed by atoms with van der Waals surface area (Å²) in [6.45, 7) is 6.62. The van der Waals surface area contributed by atoms with E-state index in [0.29, 0.717) is 12.3 Å². The number of aliphatic carboxylic acids is 1. The van der Waals surface area contributed by atoms with Gasteiger partial charge >= 0.3 is 5.97 Å². The largest absolute Gasteiger partial charge is 0.481 e. The van der Waals surface area contributed by atoms with Crippen LogP contribution in [0, 0.1) is 0 Å². The maximum atomic E-state index is 10.8. The fourth-order valence-corrected chi connectivity index (χ4v) is 2.02. The fraction of sp³-hybridized carbons (Fsp3) is 0.750.